The molecule has 0 atom stereocenters. The summed E-state index contributed by atoms with van der Waals surface area (Å²) >= 11 is 2.19. The monoisotopic (exact) mass is 698 g/mol. The summed E-state index contributed by atoms with van der Waals surface area (Å²) in [6.07, 6.45) is 5.60. The lowest BCUT2D eigenvalue weighted by Gasteiger charge is -2.35. The number of thioether (sulfide) groups is 2. The van der Waals surface area contributed by atoms with Gasteiger partial charge in [-0.15, -0.1) is 0 Å². The van der Waals surface area contributed by atoms with Gasteiger partial charge in [0.05, 0.1) is 28.9 Å². The quantitative estimate of drug-likeness (QED) is 0.202. The summed E-state index contributed by atoms with van der Waals surface area (Å²) in [6, 6.07) is 9.38. The van der Waals surface area contributed by atoms with Crippen LogP contribution in [-0.2, 0) is 32.5 Å². The standard InChI is InChI=1S/C18H21N7OS.C11H13N3O4S2/c1-2-13-10-16(23-17(14(13)11-19)27-12-15(20)26)24-6-8-25(9-7-24)18-21-4-3-5-22-18;1-3-7-4-10(18-20(2,16)17)14-11(8(7)5-12)19-6-9(13)15/h3-5,10H,2,6-9,12H2,1H3,(H2,20,26);4H,3,6H2,1-2H3,(H2,13,15). The summed E-state index contributed by atoms with van der Waals surface area (Å²) in [4.78, 5) is 43.5. The smallest absolute Gasteiger partial charge is 0.307 e. The number of nitrogens with zero attached hydrogens (tertiary/aromatic N) is 8. The van der Waals surface area contributed by atoms with Crippen molar-refractivity contribution in [3.8, 4) is 18.0 Å². The van der Waals surface area contributed by atoms with Crippen molar-refractivity contribution in [2.45, 2.75) is 36.7 Å². The van der Waals surface area contributed by atoms with Crippen molar-refractivity contribution in [2.75, 3.05) is 53.7 Å². The number of amides is 2. The molecule has 0 unspecified atom stereocenters. The zero-order chi connectivity index (χ0) is 34.6. The lowest BCUT2D eigenvalue weighted by Crippen LogP contribution is -2.47. The van der Waals surface area contributed by atoms with Gasteiger partial charge in [-0.1, -0.05) is 37.4 Å². The number of rotatable bonds is 12. The molecule has 4 rings (SSSR count). The van der Waals surface area contributed by atoms with Crippen molar-refractivity contribution in [1.29, 1.82) is 10.5 Å². The van der Waals surface area contributed by atoms with E-state index in [1.165, 1.54) is 17.8 Å². The molecule has 0 saturated carbocycles. The van der Waals surface area contributed by atoms with Crippen molar-refractivity contribution in [3.63, 3.8) is 0 Å². The Morgan fingerprint density at radius 1 is 0.872 bits per heavy atom. The molecule has 3 aromatic heterocycles. The number of primary amides is 2. The maximum absolute atomic E-state index is 11.1. The fourth-order valence-electron chi connectivity index (χ4n) is 4.34. The second kappa shape index (κ2) is 17.3. The molecule has 4 N–H and O–H groups in total. The molecule has 0 aromatic carbocycles. The van der Waals surface area contributed by atoms with Gasteiger partial charge >= 0.3 is 10.1 Å². The lowest BCUT2D eigenvalue weighted by molar-refractivity contribution is -0.116. The molecule has 0 bridgehead atoms. The molecule has 1 fully saturated rings. The summed E-state index contributed by atoms with van der Waals surface area (Å²) in [7, 11) is -3.72. The molecule has 3 aromatic rings. The topological polar surface area (TPSA) is 235 Å². The van der Waals surface area contributed by atoms with Gasteiger partial charge in [0.15, 0.2) is 0 Å². The van der Waals surface area contributed by atoms with Crippen LogP contribution in [0.5, 0.6) is 5.88 Å². The van der Waals surface area contributed by atoms with E-state index in [2.05, 4.69) is 35.8 Å². The molecule has 1 aliphatic rings. The average molecular weight is 699 g/mol. The Kier molecular flexibility index (Phi) is 13.6. The van der Waals surface area contributed by atoms with Crippen LogP contribution in [0.2, 0.25) is 0 Å². The minimum atomic E-state index is -3.72. The van der Waals surface area contributed by atoms with Crippen LogP contribution < -0.4 is 25.5 Å². The number of aromatic nitrogens is 4. The third-order valence-corrected chi connectivity index (χ3v) is 8.93. The van der Waals surface area contributed by atoms with Gasteiger partial charge in [0.2, 0.25) is 23.6 Å². The molecule has 248 valence electrons. The molecule has 15 nitrogen and oxygen atoms in total. The SMILES string of the molecule is CCc1cc(N2CCN(c3ncccn3)CC2)nc(SCC(N)=O)c1C#N.CCc1cc(OS(C)(=O)=O)nc(SCC(N)=O)c1C#N. The molecule has 0 spiro atoms. The molecule has 1 aliphatic heterocycles. The minimum absolute atomic E-state index is 0.0623. The van der Waals surface area contributed by atoms with Crippen molar-refractivity contribution in [3.05, 3.63) is 52.8 Å². The summed E-state index contributed by atoms with van der Waals surface area (Å²) in [6.45, 7) is 6.95. The van der Waals surface area contributed by atoms with E-state index in [9.17, 15) is 23.3 Å². The second-order valence-corrected chi connectivity index (χ2v) is 13.4. The average Bonchev–Trinajstić information content (AvgIpc) is 3.05. The van der Waals surface area contributed by atoms with Gasteiger partial charge in [-0.05, 0) is 36.1 Å². The Morgan fingerprint density at radius 3 is 1.83 bits per heavy atom. The molecule has 2 amide bonds. The number of carbonyl (C=O) groups excluding carboxylic acids is 2. The molecule has 1 saturated heterocycles. The largest absolute Gasteiger partial charge is 0.369 e. The first kappa shape index (κ1) is 36.8. The van der Waals surface area contributed by atoms with Crippen molar-refractivity contribution >= 4 is 57.2 Å². The Bertz CT molecular complexity index is 1770. The van der Waals surface area contributed by atoms with Crippen molar-refractivity contribution in [1.82, 2.24) is 19.9 Å². The van der Waals surface area contributed by atoms with Gasteiger partial charge in [-0.2, -0.15) is 18.9 Å². The van der Waals surface area contributed by atoms with E-state index < -0.39 is 21.9 Å². The van der Waals surface area contributed by atoms with Crippen LogP contribution >= 0.6 is 23.5 Å². The molecule has 0 radical (unpaired) electrons. The highest BCUT2D eigenvalue weighted by molar-refractivity contribution is 8.00. The lowest BCUT2D eigenvalue weighted by atomic mass is 10.1. The van der Waals surface area contributed by atoms with Gasteiger partial charge in [0.1, 0.15) is 28.0 Å². The van der Waals surface area contributed by atoms with Crippen LogP contribution in [-0.4, -0.2) is 84.1 Å². The molecule has 18 heteroatoms. The minimum Gasteiger partial charge on any atom is -0.369 e. The predicted molar refractivity (Wildman–Crippen MR) is 178 cm³/mol. The van der Waals surface area contributed by atoms with E-state index in [1.807, 2.05) is 26.0 Å². The zero-order valence-corrected chi connectivity index (χ0v) is 28.5. The number of carbonyl (C=O) groups is 2. The summed E-state index contributed by atoms with van der Waals surface area (Å²) < 4.78 is 27.0. The number of pyridine rings is 2. The maximum Gasteiger partial charge on any atom is 0.307 e. The van der Waals surface area contributed by atoms with E-state index in [-0.39, 0.29) is 22.4 Å². The van der Waals surface area contributed by atoms with Crippen LogP contribution in [0.15, 0.2) is 40.6 Å². The number of hydrogen-bond donors (Lipinski definition) is 2. The van der Waals surface area contributed by atoms with E-state index in [1.54, 1.807) is 18.5 Å². The fourth-order valence-corrected chi connectivity index (χ4v) is 6.25. The van der Waals surface area contributed by atoms with E-state index in [4.69, 9.17) is 20.9 Å². The van der Waals surface area contributed by atoms with E-state index >= 15 is 0 Å². The molecular formula is C29H34N10O5S3. The Morgan fingerprint density at radius 2 is 1.36 bits per heavy atom. The molecule has 0 aliphatic carbocycles. The van der Waals surface area contributed by atoms with Crippen LogP contribution in [0, 0.1) is 22.7 Å². The summed E-state index contributed by atoms with van der Waals surface area (Å²) in [5.74, 6) is 0.484. The molecule has 47 heavy (non-hydrogen) atoms. The summed E-state index contributed by atoms with van der Waals surface area (Å²) in [5.41, 5.74) is 12.6. The van der Waals surface area contributed by atoms with Crippen LogP contribution in [0.4, 0.5) is 11.8 Å². The first-order chi connectivity index (χ1) is 22.4. The number of hydrogen-bond acceptors (Lipinski definition) is 15. The predicted octanol–water partition coefficient (Wildman–Crippen LogP) is 1.64. The van der Waals surface area contributed by atoms with E-state index in [0.29, 0.717) is 28.1 Å². The highest BCUT2D eigenvalue weighted by atomic mass is 32.2. The number of anilines is 2. The first-order valence-electron chi connectivity index (χ1n) is 14.3. The van der Waals surface area contributed by atoms with E-state index in [0.717, 1.165) is 67.9 Å². The van der Waals surface area contributed by atoms with Gasteiger partial charge in [0.25, 0.3) is 0 Å². The Labute approximate surface area is 281 Å². The highest BCUT2D eigenvalue weighted by Gasteiger charge is 2.22. The highest BCUT2D eigenvalue weighted by Crippen LogP contribution is 2.29. The summed E-state index contributed by atoms with van der Waals surface area (Å²) in [5, 5.41) is 19.4. The third kappa shape index (κ3) is 11.0. The number of piperazine rings is 1. The number of nitriles is 2. The Balaban J connectivity index is 0.000000268. The van der Waals surface area contributed by atoms with Gasteiger partial charge in [-0.25, -0.2) is 19.9 Å². The van der Waals surface area contributed by atoms with Crippen molar-refractivity contribution in [2.24, 2.45) is 11.5 Å². The number of aryl methyl sites for hydroxylation is 2. The van der Waals surface area contributed by atoms with Crippen molar-refractivity contribution < 1.29 is 22.2 Å². The van der Waals surface area contributed by atoms with Crippen LogP contribution in [0.25, 0.3) is 0 Å². The molecule has 4 heterocycles. The van der Waals surface area contributed by atoms with Gasteiger partial charge in [-0.3, -0.25) is 9.59 Å². The Hall–Kier alpha value is -4.65. The van der Waals surface area contributed by atoms with Crippen LogP contribution in [0.3, 0.4) is 0 Å². The maximum atomic E-state index is 11.1. The van der Waals surface area contributed by atoms with Gasteiger partial charge < -0.3 is 25.5 Å². The second-order valence-electron chi connectivity index (χ2n) is 9.87. The van der Waals surface area contributed by atoms with Crippen LogP contribution in [0.1, 0.15) is 36.1 Å². The number of nitrogens with two attached hydrogens (primary N) is 2. The fraction of sp³-hybridized carbons (Fsp3) is 0.379. The first-order valence-corrected chi connectivity index (χ1v) is 18.0. The normalized spacial score (nSPS) is 12.7. The third-order valence-electron chi connectivity index (χ3n) is 6.46. The zero-order valence-electron chi connectivity index (χ0n) is 26.0. The van der Waals surface area contributed by atoms with Gasteiger partial charge in [0, 0.05) is 44.6 Å². The molecular weight excluding hydrogens is 665 g/mol.